The summed E-state index contributed by atoms with van der Waals surface area (Å²) < 4.78 is 0. The van der Waals surface area contributed by atoms with Gasteiger partial charge in [-0.05, 0) is 6.42 Å². The minimum Gasteiger partial charge on any atom is -0.395 e. The van der Waals surface area contributed by atoms with Crippen molar-refractivity contribution in [2.24, 2.45) is 0 Å². The molecule has 0 unspecified atom stereocenters. The fourth-order valence-corrected chi connectivity index (χ4v) is 6.28. The van der Waals surface area contributed by atoms with Crippen molar-refractivity contribution in [3.05, 3.63) is 0 Å². The van der Waals surface area contributed by atoms with Crippen LogP contribution in [0.15, 0.2) is 0 Å². The third-order valence-corrected chi connectivity index (χ3v) is 9.09. The molecule has 1 N–H and O–H groups in total. The molecule has 238 valence electrons. The summed E-state index contributed by atoms with van der Waals surface area (Å²) in [6, 6.07) is 0. The molecular weight excluding hydrogens is 492 g/mol. The molecule has 0 aromatic rings. The van der Waals surface area contributed by atoms with E-state index in [4.69, 9.17) is 5.11 Å². The molecule has 0 saturated carbocycles. The van der Waals surface area contributed by atoms with Crippen LogP contribution < -0.4 is 0 Å². The van der Waals surface area contributed by atoms with E-state index in [0.29, 0.717) is 12.3 Å². The van der Waals surface area contributed by atoms with E-state index in [1.165, 1.54) is 161 Å². The first-order valence-electron chi connectivity index (χ1n) is 18.3. The smallest absolute Gasteiger partial charge is 0.146 e. The number of aliphatic hydroxyl groups excluding tert-OH is 1. The standard InChI is InChI=1S/C36H72N2O2/c1-2-3-4-5-6-7-8-9-10-11-12-13-14-15-16-17-18-19-20-21-22-23-24-25-26-27-28-36(40)35-38-31-29-37(30-32-38)33-34-39/h39H,2-35H2,1H3. The van der Waals surface area contributed by atoms with Crippen molar-refractivity contribution in [1.82, 2.24) is 9.80 Å². The maximum absolute atomic E-state index is 12.3. The minimum absolute atomic E-state index is 0.235. The molecule has 0 bridgehead atoms. The molecule has 4 nitrogen and oxygen atoms in total. The summed E-state index contributed by atoms with van der Waals surface area (Å²) in [4.78, 5) is 16.8. The number of nitrogens with zero attached hydrogens (tertiary/aromatic N) is 2. The number of hydrogen-bond acceptors (Lipinski definition) is 4. The minimum atomic E-state index is 0.235. The van der Waals surface area contributed by atoms with Gasteiger partial charge in [0.1, 0.15) is 5.78 Å². The number of aliphatic hydroxyl groups is 1. The Hall–Kier alpha value is -0.450. The fraction of sp³-hybridized carbons (Fsp3) is 0.972. The lowest BCUT2D eigenvalue weighted by Crippen LogP contribution is -2.48. The van der Waals surface area contributed by atoms with E-state index in [2.05, 4.69) is 16.7 Å². The lowest BCUT2D eigenvalue weighted by Gasteiger charge is -2.33. The fourth-order valence-electron chi connectivity index (χ4n) is 6.28. The van der Waals surface area contributed by atoms with Crippen molar-refractivity contribution in [2.45, 2.75) is 180 Å². The van der Waals surface area contributed by atoms with Gasteiger partial charge in [-0.25, -0.2) is 0 Å². The third kappa shape index (κ3) is 25.3. The largest absolute Gasteiger partial charge is 0.395 e. The van der Waals surface area contributed by atoms with Crippen molar-refractivity contribution in [3.8, 4) is 0 Å². The Labute approximate surface area is 251 Å². The van der Waals surface area contributed by atoms with Crippen LogP contribution in [-0.2, 0) is 4.79 Å². The van der Waals surface area contributed by atoms with Crippen molar-refractivity contribution in [3.63, 3.8) is 0 Å². The van der Waals surface area contributed by atoms with E-state index >= 15 is 0 Å². The highest BCUT2D eigenvalue weighted by atomic mass is 16.3. The normalized spacial score (nSPS) is 14.8. The van der Waals surface area contributed by atoms with Gasteiger partial charge in [-0.3, -0.25) is 14.6 Å². The quantitative estimate of drug-likeness (QED) is 0.0851. The highest BCUT2D eigenvalue weighted by Crippen LogP contribution is 2.16. The monoisotopic (exact) mass is 565 g/mol. The van der Waals surface area contributed by atoms with E-state index in [-0.39, 0.29) is 6.61 Å². The molecule has 1 heterocycles. The lowest BCUT2D eigenvalue weighted by molar-refractivity contribution is -0.120. The summed E-state index contributed by atoms with van der Waals surface area (Å²) in [7, 11) is 0. The van der Waals surface area contributed by atoms with E-state index in [1.807, 2.05) is 0 Å². The predicted octanol–water partition coefficient (Wildman–Crippen LogP) is 9.72. The van der Waals surface area contributed by atoms with Gasteiger partial charge in [0.2, 0.25) is 0 Å². The second-order valence-electron chi connectivity index (χ2n) is 13.0. The summed E-state index contributed by atoms with van der Waals surface area (Å²) in [6.45, 7) is 7.82. The van der Waals surface area contributed by atoms with E-state index in [1.54, 1.807) is 0 Å². The van der Waals surface area contributed by atoms with Gasteiger partial charge in [0.05, 0.1) is 13.2 Å². The van der Waals surface area contributed by atoms with Crippen LogP contribution in [0.5, 0.6) is 0 Å². The van der Waals surface area contributed by atoms with Crippen molar-refractivity contribution in [2.75, 3.05) is 45.9 Å². The Balaban J connectivity index is 1.69. The zero-order valence-corrected chi connectivity index (χ0v) is 27.3. The maximum Gasteiger partial charge on any atom is 0.146 e. The SMILES string of the molecule is CCCCCCCCCCCCCCCCCCCCCCCCCCCCC(=O)CN1CCN(CCO)CC1. The summed E-state index contributed by atoms with van der Waals surface area (Å²) >= 11 is 0. The first-order chi connectivity index (χ1) is 19.8. The molecule has 0 atom stereocenters. The van der Waals surface area contributed by atoms with Gasteiger partial charge in [-0.1, -0.05) is 167 Å². The number of piperazine rings is 1. The van der Waals surface area contributed by atoms with E-state index < -0.39 is 0 Å². The molecule has 0 radical (unpaired) electrons. The maximum atomic E-state index is 12.3. The van der Waals surface area contributed by atoms with Crippen molar-refractivity contribution >= 4 is 5.78 Å². The number of ketones is 1. The molecule has 1 rings (SSSR count). The zero-order valence-electron chi connectivity index (χ0n) is 27.3. The Morgan fingerprint density at radius 2 is 0.775 bits per heavy atom. The van der Waals surface area contributed by atoms with Crippen LogP contribution in [0.25, 0.3) is 0 Å². The number of hydrogen-bond donors (Lipinski definition) is 1. The van der Waals surface area contributed by atoms with Crippen molar-refractivity contribution < 1.29 is 9.90 Å². The van der Waals surface area contributed by atoms with Crippen LogP contribution >= 0.6 is 0 Å². The Morgan fingerprint density at radius 3 is 1.10 bits per heavy atom. The summed E-state index contributed by atoms with van der Waals surface area (Å²) in [6.07, 6.45) is 37.6. The van der Waals surface area contributed by atoms with E-state index in [0.717, 1.165) is 45.6 Å². The number of β-amino-alcohol motifs (C(OH)–C–C–N with tert-alkyl or cyclic N) is 1. The van der Waals surface area contributed by atoms with Crippen molar-refractivity contribution in [1.29, 1.82) is 0 Å². The second kappa shape index (κ2) is 30.0. The molecule has 0 amide bonds. The van der Waals surface area contributed by atoms with Crippen LogP contribution in [0.2, 0.25) is 0 Å². The number of Topliss-reactive ketones (excluding diaryl/α,β-unsaturated/α-hetero) is 1. The van der Waals surface area contributed by atoms with Gasteiger partial charge in [-0.15, -0.1) is 0 Å². The summed E-state index contributed by atoms with van der Waals surface area (Å²) in [5, 5.41) is 9.03. The summed E-state index contributed by atoms with van der Waals surface area (Å²) in [5.41, 5.74) is 0. The Bertz CT molecular complexity index is 519. The Morgan fingerprint density at radius 1 is 0.475 bits per heavy atom. The molecule has 1 aliphatic heterocycles. The predicted molar refractivity (Wildman–Crippen MR) is 175 cm³/mol. The third-order valence-electron chi connectivity index (χ3n) is 9.09. The van der Waals surface area contributed by atoms with Gasteiger partial charge >= 0.3 is 0 Å². The van der Waals surface area contributed by atoms with Crippen LogP contribution in [0.3, 0.4) is 0 Å². The van der Waals surface area contributed by atoms with Crippen LogP contribution in [0, 0.1) is 0 Å². The van der Waals surface area contributed by atoms with Gasteiger partial charge < -0.3 is 5.11 Å². The van der Waals surface area contributed by atoms with E-state index in [9.17, 15) is 4.79 Å². The van der Waals surface area contributed by atoms with Crippen LogP contribution in [0.4, 0.5) is 0 Å². The molecule has 4 heteroatoms. The lowest BCUT2D eigenvalue weighted by atomic mass is 10.0. The zero-order chi connectivity index (χ0) is 28.8. The van der Waals surface area contributed by atoms with Gasteiger partial charge in [0.25, 0.3) is 0 Å². The highest BCUT2D eigenvalue weighted by molar-refractivity contribution is 5.80. The average molecular weight is 565 g/mol. The second-order valence-corrected chi connectivity index (χ2v) is 13.0. The topological polar surface area (TPSA) is 43.8 Å². The highest BCUT2D eigenvalue weighted by Gasteiger charge is 2.18. The average Bonchev–Trinajstić information content (AvgIpc) is 2.96. The van der Waals surface area contributed by atoms with Gasteiger partial charge in [0, 0.05) is 39.1 Å². The molecule has 40 heavy (non-hydrogen) atoms. The Kier molecular flexibility index (Phi) is 28.2. The van der Waals surface area contributed by atoms with Gasteiger partial charge in [0.15, 0.2) is 0 Å². The number of rotatable bonds is 31. The molecule has 0 spiro atoms. The first-order valence-corrected chi connectivity index (χ1v) is 18.3. The number of unbranched alkanes of at least 4 members (excludes halogenated alkanes) is 25. The molecule has 0 aromatic heterocycles. The molecule has 0 aromatic carbocycles. The molecule has 1 fully saturated rings. The van der Waals surface area contributed by atoms with Crippen LogP contribution in [0.1, 0.15) is 180 Å². The number of carbonyl (C=O) groups excluding carboxylic acids is 1. The first kappa shape index (κ1) is 37.6. The molecular formula is C36H72N2O2. The molecule has 1 saturated heterocycles. The molecule has 0 aliphatic carbocycles. The van der Waals surface area contributed by atoms with Gasteiger partial charge in [-0.2, -0.15) is 0 Å². The molecule has 1 aliphatic rings. The summed E-state index contributed by atoms with van der Waals surface area (Å²) in [5.74, 6) is 0.417. The number of carbonyl (C=O) groups is 1. The van der Waals surface area contributed by atoms with Crippen LogP contribution in [-0.4, -0.2) is 66.6 Å².